The van der Waals surface area contributed by atoms with Gasteiger partial charge in [0, 0.05) is 26.2 Å². The molecule has 0 unspecified atom stereocenters. The van der Waals surface area contributed by atoms with Crippen molar-refractivity contribution in [3.8, 4) is 11.1 Å². The Kier molecular flexibility index (Phi) is 10.5. The Balaban J connectivity index is 1.23. The second kappa shape index (κ2) is 13.9. The lowest BCUT2D eigenvalue weighted by molar-refractivity contribution is 0.00345. The minimum absolute atomic E-state index is 0.0712. The SMILES string of the molecule is COCCOCCOCCOCCCNC(=O)OCC1c2ccccc2-c2ccccc21. The second-order valence-electron chi connectivity index (χ2n) is 7.44. The molecule has 1 amide bonds. The number of ether oxygens (including phenoxy) is 5. The average Bonchev–Trinajstić information content (AvgIpc) is 3.14. The summed E-state index contributed by atoms with van der Waals surface area (Å²) >= 11 is 0. The summed E-state index contributed by atoms with van der Waals surface area (Å²) in [4.78, 5) is 12.1. The Morgan fingerprint density at radius 3 is 1.91 bits per heavy atom. The highest BCUT2D eigenvalue weighted by Gasteiger charge is 2.28. The lowest BCUT2D eigenvalue weighted by Crippen LogP contribution is -2.27. The number of rotatable bonds is 15. The van der Waals surface area contributed by atoms with E-state index in [4.69, 9.17) is 23.7 Å². The van der Waals surface area contributed by atoms with Crippen molar-refractivity contribution in [1.29, 1.82) is 0 Å². The molecule has 0 bridgehead atoms. The number of nitrogens with one attached hydrogen (secondary N) is 1. The van der Waals surface area contributed by atoms with Gasteiger partial charge in [0.25, 0.3) is 0 Å². The molecule has 7 heteroatoms. The molecule has 2 aromatic rings. The van der Waals surface area contributed by atoms with Gasteiger partial charge in [-0.25, -0.2) is 4.79 Å². The van der Waals surface area contributed by atoms with E-state index in [2.05, 4.69) is 29.6 Å². The fraction of sp³-hybridized carbons (Fsp3) is 0.480. The summed E-state index contributed by atoms with van der Waals surface area (Å²) < 4.78 is 26.6. The van der Waals surface area contributed by atoms with Gasteiger partial charge in [-0.2, -0.15) is 0 Å². The van der Waals surface area contributed by atoms with Crippen LogP contribution in [-0.4, -0.2) is 72.6 Å². The van der Waals surface area contributed by atoms with Gasteiger partial charge in [0.05, 0.1) is 39.6 Å². The van der Waals surface area contributed by atoms with Crippen molar-refractivity contribution in [2.24, 2.45) is 0 Å². The molecule has 0 aliphatic heterocycles. The predicted octanol–water partition coefficient (Wildman–Crippen LogP) is 3.61. The first-order chi connectivity index (χ1) is 15.8. The molecule has 1 N–H and O–H groups in total. The average molecular weight is 444 g/mol. The maximum absolute atomic E-state index is 12.1. The Bertz CT molecular complexity index is 782. The third-order valence-electron chi connectivity index (χ3n) is 5.25. The quantitative estimate of drug-likeness (QED) is 0.424. The van der Waals surface area contributed by atoms with Gasteiger partial charge in [-0.15, -0.1) is 0 Å². The van der Waals surface area contributed by atoms with E-state index in [1.807, 2.05) is 24.3 Å². The van der Waals surface area contributed by atoms with Crippen LogP contribution < -0.4 is 5.32 Å². The molecule has 0 saturated carbocycles. The molecule has 0 heterocycles. The molecular formula is C25H33NO6. The molecule has 3 rings (SSSR count). The van der Waals surface area contributed by atoms with Crippen LogP contribution in [0.2, 0.25) is 0 Å². The van der Waals surface area contributed by atoms with Gasteiger partial charge in [-0.3, -0.25) is 0 Å². The van der Waals surface area contributed by atoms with Gasteiger partial charge in [-0.1, -0.05) is 48.5 Å². The van der Waals surface area contributed by atoms with Crippen molar-refractivity contribution in [2.45, 2.75) is 12.3 Å². The molecule has 0 fully saturated rings. The number of hydrogen-bond acceptors (Lipinski definition) is 6. The van der Waals surface area contributed by atoms with Crippen LogP contribution in [0.5, 0.6) is 0 Å². The van der Waals surface area contributed by atoms with Crippen molar-refractivity contribution >= 4 is 6.09 Å². The van der Waals surface area contributed by atoms with Gasteiger partial charge in [0.1, 0.15) is 6.61 Å². The summed E-state index contributed by atoms with van der Waals surface area (Å²) in [5, 5.41) is 2.79. The van der Waals surface area contributed by atoms with E-state index in [0.29, 0.717) is 65.8 Å². The van der Waals surface area contributed by atoms with E-state index in [-0.39, 0.29) is 5.92 Å². The maximum Gasteiger partial charge on any atom is 0.407 e. The molecule has 7 nitrogen and oxygen atoms in total. The van der Waals surface area contributed by atoms with Gasteiger partial charge in [0.15, 0.2) is 0 Å². The summed E-state index contributed by atoms with van der Waals surface area (Å²) in [7, 11) is 1.64. The number of amides is 1. The first kappa shape index (κ1) is 24.2. The van der Waals surface area contributed by atoms with Crippen molar-refractivity contribution in [2.75, 3.05) is 66.5 Å². The summed E-state index contributed by atoms with van der Waals surface area (Å²) in [5.74, 6) is 0.0712. The van der Waals surface area contributed by atoms with Crippen LogP contribution in [0.4, 0.5) is 4.79 Å². The minimum atomic E-state index is -0.399. The normalized spacial score (nSPS) is 12.4. The number of carbonyl (C=O) groups is 1. The topological polar surface area (TPSA) is 75.3 Å². The molecule has 174 valence electrons. The third-order valence-corrected chi connectivity index (χ3v) is 5.25. The fourth-order valence-corrected chi connectivity index (χ4v) is 3.70. The van der Waals surface area contributed by atoms with E-state index in [0.717, 1.165) is 0 Å². The lowest BCUT2D eigenvalue weighted by atomic mass is 9.98. The number of hydrogen-bond donors (Lipinski definition) is 1. The van der Waals surface area contributed by atoms with Crippen LogP contribution >= 0.6 is 0 Å². The van der Waals surface area contributed by atoms with Crippen LogP contribution in [0.15, 0.2) is 48.5 Å². The van der Waals surface area contributed by atoms with Crippen molar-refractivity contribution < 1.29 is 28.5 Å². The number of carbonyl (C=O) groups excluding carboxylic acids is 1. The lowest BCUT2D eigenvalue weighted by Gasteiger charge is -2.14. The van der Waals surface area contributed by atoms with Crippen molar-refractivity contribution in [3.63, 3.8) is 0 Å². The number of methoxy groups -OCH3 is 1. The standard InChI is InChI=1S/C25H33NO6/c1-28-13-14-30-17-18-31-16-15-29-12-6-11-26-25(27)32-19-24-22-9-4-2-7-20(22)21-8-3-5-10-23(21)24/h2-5,7-10,24H,6,11-19H2,1H3,(H,26,27). The van der Waals surface area contributed by atoms with Crippen LogP contribution in [0, 0.1) is 0 Å². The molecule has 1 aliphatic rings. The van der Waals surface area contributed by atoms with E-state index in [1.54, 1.807) is 7.11 Å². The highest BCUT2D eigenvalue weighted by atomic mass is 16.6. The second-order valence-corrected chi connectivity index (χ2v) is 7.44. The Morgan fingerprint density at radius 2 is 1.31 bits per heavy atom. The molecule has 0 saturated heterocycles. The third kappa shape index (κ3) is 7.31. The fourth-order valence-electron chi connectivity index (χ4n) is 3.70. The van der Waals surface area contributed by atoms with Gasteiger partial charge in [-0.05, 0) is 28.7 Å². The minimum Gasteiger partial charge on any atom is -0.449 e. The van der Waals surface area contributed by atoms with Crippen LogP contribution in [0.3, 0.4) is 0 Å². The van der Waals surface area contributed by atoms with Crippen LogP contribution in [-0.2, 0) is 23.7 Å². The van der Waals surface area contributed by atoms with Crippen LogP contribution in [0.25, 0.3) is 11.1 Å². The first-order valence-electron chi connectivity index (χ1n) is 11.1. The number of alkyl carbamates (subject to hydrolysis) is 1. The largest absolute Gasteiger partial charge is 0.449 e. The number of fused-ring (bicyclic) bond motifs is 3. The van der Waals surface area contributed by atoms with E-state index in [9.17, 15) is 4.79 Å². The Hall–Kier alpha value is -2.45. The summed E-state index contributed by atoms with van der Waals surface area (Å²) in [6, 6.07) is 16.6. The van der Waals surface area contributed by atoms with Crippen LogP contribution in [0.1, 0.15) is 23.5 Å². The summed E-state index contributed by atoms with van der Waals surface area (Å²) in [5.41, 5.74) is 4.85. The molecule has 32 heavy (non-hydrogen) atoms. The van der Waals surface area contributed by atoms with E-state index < -0.39 is 6.09 Å². The highest BCUT2D eigenvalue weighted by molar-refractivity contribution is 5.79. The molecule has 0 spiro atoms. The molecular weight excluding hydrogens is 410 g/mol. The molecule has 0 radical (unpaired) electrons. The maximum atomic E-state index is 12.1. The van der Waals surface area contributed by atoms with Crippen molar-refractivity contribution in [1.82, 2.24) is 5.32 Å². The van der Waals surface area contributed by atoms with E-state index in [1.165, 1.54) is 22.3 Å². The molecule has 0 atom stereocenters. The van der Waals surface area contributed by atoms with Crippen molar-refractivity contribution in [3.05, 3.63) is 59.7 Å². The zero-order valence-electron chi connectivity index (χ0n) is 18.7. The molecule has 0 aromatic heterocycles. The summed E-state index contributed by atoms with van der Waals surface area (Å²) in [6.07, 6.45) is 0.313. The zero-order chi connectivity index (χ0) is 22.4. The monoisotopic (exact) mass is 443 g/mol. The van der Waals surface area contributed by atoms with Gasteiger partial charge in [0.2, 0.25) is 0 Å². The highest BCUT2D eigenvalue weighted by Crippen LogP contribution is 2.44. The van der Waals surface area contributed by atoms with Gasteiger partial charge < -0.3 is 29.0 Å². The Morgan fingerprint density at radius 1 is 0.781 bits per heavy atom. The predicted molar refractivity (Wildman–Crippen MR) is 122 cm³/mol. The molecule has 2 aromatic carbocycles. The molecule has 1 aliphatic carbocycles. The smallest absolute Gasteiger partial charge is 0.407 e. The van der Waals surface area contributed by atoms with E-state index >= 15 is 0 Å². The van der Waals surface area contributed by atoms with Gasteiger partial charge >= 0.3 is 6.09 Å². The summed E-state index contributed by atoms with van der Waals surface area (Å²) in [6.45, 7) is 4.67. The zero-order valence-corrected chi connectivity index (χ0v) is 18.7. The number of benzene rings is 2. The Labute approximate surface area is 190 Å². The first-order valence-corrected chi connectivity index (χ1v) is 11.1.